The molecule has 0 aliphatic rings. The lowest BCUT2D eigenvalue weighted by Crippen LogP contribution is -2.09. The first-order valence-corrected chi connectivity index (χ1v) is 5.86. The van der Waals surface area contributed by atoms with Gasteiger partial charge in [-0.3, -0.25) is 10.1 Å². The van der Waals surface area contributed by atoms with Gasteiger partial charge >= 0.3 is 5.69 Å². The average Bonchev–Trinajstić information content (AvgIpc) is 2.77. The monoisotopic (exact) mass is 266 g/mol. The molecule has 0 unspecified atom stereocenters. The Balaban J connectivity index is 2.28. The summed E-state index contributed by atoms with van der Waals surface area (Å²) in [7, 11) is 0. The van der Waals surface area contributed by atoms with Crippen molar-refractivity contribution in [1.82, 2.24) is 15.0 Å². The molecule has 2 heterocycles. The highest BCUT2D eigenvalue weighted by molar-refractivity contribution is 7.09. The molecule has 2 aromatic rings. The molecule has 0 saturated carbocycles. The topological polar surface area (TPSA) is 120 Å². The molecule has 0 fully saturated rings. The van der Waals surface area contributed by atoms with Gasteiger partial charge in [0.25, 0.3) is 0 Å². The van der Waals surface area contributed by atoms with Gasteiger partial charge in [-0.25, -0.2) is 9.97 Å². The molecular formula is C9H10N6O2S. The van der Waals surface area contributed by atoms with Gasteiger partial charge in [-0.15, -0.1) is 11.3 Å². The van der Waals surface area contributed by atoms with Crippen LogP contribution in [-0.4, -0.2) is 19.9 Å². The van der Waals surface area contributed by atoms with E-state index in [1.165, 1.54) is 18.3 Å². The minimum absolute atomic E-state index is 0.000242. The minimum atomic E-state index is -0.529. The maximum Gasteiger partial charge on any atom is 0.332 e. The lowest BCUT2D eigenvalue weighted by atomic mass is 10.3. The van der Waals surface area contributed by atoms with E-state index in [-0.39, 0.29) is 23.1 Å². The van der Waals surface area contributed by atoms with E-state index >= 15 is 0 Å². The summed E-state index contributed by atoms with van der Waals surface area (Å²) in [6.45, 7) is 1.87. The van der Waals surface area contributed by atoms with E-state index in [1.807, 2.05) is 5.38 Å². The lowest BCUT2D eigenvalue weighted by molar-refractivity contribution is -0.385. The van der Waals surface area contributed by atoms with Gasteiger partial charge in [-0.2, -0.15) is 4.98 Å². The van der Waals surface area contributed by atoms with Crippen LogP contribution in [-0.2, 0) is 6.54 Å². The molecule has 0 aliphatic carbocycles. The van der Waals surface area contributed by atoms with E-state index < -0.39 is 4.92 Å². The van der Waals surface area contributed by atoms with Crippen LogP contribution in [0.2, 0.25) is 0 Å². The van der Waals surface area contributed by atoms with Crippen molar-refractivity contribution in [2.75, 3.05) is 11.1 Å². The quantitative estimate of drug-likeness (QED) is 0.632. The number of hydrogen-bond acceptors (Lipinski definition) is 8. The fourth-order valence-corrected chi connectivity index (χ4v) is 1.99. The molecule has 0 aromatic carbocycles. The maximum atomic E-state index is 10.9. The van der Waals surface area contributed by atoms with Gasteiger partial charge in [0, 0.05) is 11.6 Å². The van der Waals surface area contributed by atoms with Crippen LogP contribution in [0.15, 0.2) is 11.6 Å². The number of thiazole rings is 1. The highest BCUT2D eigenvalue weighted by atomic mass is 32.1. The fourth-order valence-electron chi connectivity index (χ4n) is 1.43. The van der Waals surface area contributed by atoms with Crippen molar-refractivity contribution in [3.8, 4) is 0 Å². The molecule has 0 aliphatic heterocycles. The van der Waals surface area contributed by atoms with E-state index in [0.29, 0.717) is 6.54 Å². The van der Waals surface area contributed by atoms with E-state index in [1.54, 1.807) is 6.20 Å². The van der Waals surface area contributed by atoms with Crippen LogP contribution in [0.25, 0.3) is 0 Å². The zero-order valence-electron chi connectivity index (χ0n) is 9.45. The SMILES string of the molecule is Cc1nc(N)nc(NCc2nccs2)c1[N+](=O)[O-]. The lowest BCUT2D eigenvalue weighted by Gasteiger charge is -2.06. The summed E-state index contributed by atoms with van der Waals surface area (Å²) in [6, 6.07) is 0. The van der Waals surface area contributed by atoms with Crippen molar-refractivity contribution in [3.63, 3.8) is 0 Å². The third kappa shape index (κ3) is 2.51. The van der Waals surface area contributed by atoms with Crippen molar-refractivity contribution in [2.24, 2.45) is 0 Å². The summed E-state index contributed by atoms with van der Waals surface area (Å²) in [5.74, 6) is 0.111. The average molecular weight is 266 g/mol. The number of hydrogen-bond donors (Lipinski definition) is 2. The molecular weight excluding hydrogens is 256 g/mol. The van der Waals surface area contributed by atoms with Crippen LogP contribution in [0, 0.1) is 17.0 Å². The van der Waals surface area contributed by atoms with Crippen LogP contribution >= 0.6 is 11.3 Å². The zero-order chi connectivity index (χ0) is 13.1. The zero-order valence-corrected chi connectivity index (χ0v) is 10.3. The number of nitrogens with two attached hydrogens (primary N) is 1. The molecule has 2 rings (SSSR count). The molecule has 3 N–H and O–H groups in total. The minimum Gasteiger partial charge on any atom is -0.368 e. The smallest absolute Gasteiger partial charge is 0.332 e. The van der Waals surface area contributed by atoms with Gasteiger partial charge in [0.05, 0.1) is 11.5 Å². The molecule has 8 nitrogen and oxygen atoms in total. The second-order valence-corrected chi connectivity index (χ2v) is 4.38. The Kier molecular flexibility index (Phi) is 3.33. The van der Waals surface area contributed by atoms with Gasteiger partial charge in [0.15, 0.2) is 0 Å². The van der Waals surface area contributed by atoms with Crippen LogP contribution in [0.1, 0.15) is 10.7 Å². The van der Waals surface area contributed by atoms with Crippen molar-refractivity contribution in [3.05, 3.63) is 32.4 Å². The predicted molar refractivity (Wildman–Crippen MR) is 67.3 cm³/mol. The molecule has 0 bridgehead atoms. The van der Waals surface area contributed by atoms with Crippen molar-refractivity contribution < 1.29 is 4.92 Å². The van der Waals surface area contributed by atoms with Gasteiger partial charge < -0.3 is 11.1 Å². The maximum absolute atomic E-state index is 10.9. The number of nitrogens with one attached hydrogen (secondary N) is 1. The van der Waals surface area contributed by atoms with E-state index in [9.17, 15) is 10.1 Å². The molecule has 0 radical (unpaired) electrons. The Labute approximate surface area is 106 Å². The van der Waals surface area contributed by atoms with Crippen LogP contribution < -0.4 is 11.1 Å². The predicted octanol–water partition coefficient (Wildman–Crippen LogP) is 1.34. The van der Waals surface area contributed by atoms with E-state index in [4.69, 9.17) is 5.73 Å². The fraction of sp³-hybridized carbons (Fsp3) is 0.222. The Hall–Kier alpha value is -2.29. The second kappa shape index (κ2) is 4.92. The van der Waals surface area contributed by atoms with Gasteiger partial charge in [-0.05, 0) is 6.92 Å². The highest BCUT2D eigenvalue weighted by Crippen LogP contribution is 2.26. The first kappa shape index (κ1) is 12.2. The molecule has 0 amide bonds. The number of nitrogen functional groups attached to an aromatic ring is 1. The summed E-state index contributed by atoms with van der Waals surface area (Å²) in [4.78, 5) is 22.1. The summed E-state index contributed by atoms with van der Waals surface area (Å²) in [6.07, 6.45) is 1.66. The molecule has 18 heavy (non-hydrogen) atoms. The Morgan fingerprint density at radius 2 is 2.33 bits per heavy atom. The van der Waals surface area contributed by atoms with Crippen LogP contribution in [0.4, 0.5) is 17.5 Å². The van der Waals surface area contributed by atoms with E-state index in [2.05, 4.69) is 20.3 Å². The summed E-state index contributed by atoms with van der Waals surface area (Å²) in [5, 5.41) is 16.4. The summed E-state index contributed by atoms with van der Waals surface area (Å²) < 4.78 is 0. The molecule has 2 aromatic heterocycles. The first-order chi connectivity index (χ1) is 8.58. The van der Waals surface area contributed by atoms with Crippen molar-refractivity contribution in [2.45, 2.75) is 13.5 Å². The molecule has 0 spiro atoms. The number of aromatic nitrogens is 3. The summed E-state index contributed by atoms with van der Waals surface area (Å²) in [5.41, 5.74) is 5.54. The normalized spacial score (nSPS) is 10.3. The van der Waals surface area contributed by atoms with Crippen molar-refractivity contribution in [1.29, 1.82) is 0 Å². The molecule has 0 atom stereocenters. The van der Waals surface area contributed by atoms with Gasteiger partial charge in [0.1, 0.15) is 10.7 Å². The van der Waals surface area contributed by atoms with Crippen molar-refractivity contribution >= 4 is 28.8 Å². The van der Waals surface area contributed by atoms with Crippen LogP contribution in [0.3, 0.4) is 0 Å². The number of nitrogens with zero attached hydrogens (tertiary/aromatic N) is 4. The van der Waals surface area contributed by atoms with Gasteiger partial charge in [-0.1, -0.05) is 0 Å². The van der Waals surface area contributed by atoms with E-state index in [0.717, 1.165) is 5.01 Å². The third-order valence-corrected chi connectivity index (χ3v) is 2.93. The summed E-state index contributed by atoms with van der Waals surface area (Å²) >= 11 is 1.45. The second-order valence-electron chi connectivity index (χ2n) is 3.40. The third-order valence-electron chi connectivity index (χ3n) is 2.15. The number of rotatable bonds is 4. The molecule has 9 heteroatoms. The number of anilines is 2. The first-order valence-electron chi connectivity index (χ1n) is 4.98. The number of aryl methyl sites for hydroxylation is 1. The largest absolute Gasteiger partial charge is 0.368 e. The van der Waals surface area contributed by atoms with Crippen LogP contribution in [0.5, 0.6) is 0 Å². The molecule has 94 valence electrons. The highest BCUT2D eigenvalue weighted by Gasteiger charge is 2.21. The Bertz CT molecular complexity index is 571. The Morgan fingerprint density at radius 1 is 1.56 bits per heavy atom. The number of nitro groups is 1. The standard InChI is InChI=1S/C9H10N6O2S/c1-5-7(15(16)17)8(14-9(10)13-5)12-4-6-11-2-3-18-6/h2-3H,4H2,1H3,(H3,10,12,13,14). The Morgan fingerprint density at radius 3 is 2.94 bits per heavy atom. The molecule has 0 saturated heterocycles. The van der Waals surface area contributed by atoms with Gasteiger partial charge in [0.2, 0.25) is 11.8 Å².